The Balaban J connectivity index is 1.29. The minimum atomic E-state index is -1.55. The van der Waals surface area contributed by atoms with E-state index in [1.165, 1.54) is 77.0 Å². The second-order valence-electron chi connectivity index (χ2n) is 10.5. The molecule has 0 saturated heterocycles. The summed E-state index contributed by atoms with van der Waals surface area (Å²) in [6, 6.07) is 1.45. The van der Waals surface area contributed by atoms with Gasteiger partial charge in [0.2, 0.25) is 0 Å². The summed E-state index contributed by atoms with van der Waals surface area (Å²) in [5, 5.41) is 0. The standard InChI is InChI=1S/C28H41F3O2/c1-2-3-4-5-6-7-20-8-10-21(11-9-20)12-13-22-14-16-23(17-15-22)28(32)33-24-18-25(29)27(31)26(30)19-24/h18-23H,2-17H2,1H3. The van der Waals surface area contributed by atoms with Gasteiger partial charge in [-0.2, -0.15) is 0 Å². The van der Waals surface area contributed by atoms with Crippen LogP contribution >= 0.6 is 0 Å². The Hall–Kier alpha value is -1.52. The van der Waals surface area contributed by atoms with Gasteiger partial charge in [0.25, 0.3) is 0 Å². The molecule has 0 radical (unpaired) electrons. The van der Waals surface area contributed by atoms with Crippen LogP contribution in [0, 0.1) is 41.1 Å². The SMILES string of the molecule is CCCCCCCC1CCC(CCC2CCC(C(=O)Oc3cc(F)c(F)c(F)c3)CC2)CC1. The summed E-state index contributed by atoms with van der Waals surface area (Å²) < 4.78 is 44.9. The van der Waals surface area contributed by atoms with Gasteiger partial charge in [-0.15, -0.1) is 0 Å². The fraction of sp³-hybridized carbons (Fsp3) is 0.750. The van der Waals surface area contributed by atoms with Gasteiger partial charge in [-0.3, -0.25) is 4.79 Å². The van der Waals surface area contributed by atoms with E-state index < -0.39 is 23.4 Å². The number of rotatable bonds is 11. The van der Waals surface area contributed by atoms with Crippen molar-refractivity contribution in [2.24, 2.45) is 23.7 Å². The van der Waals surface area contributed by atoms with E-state index in [4.69, 9.17) is 4.74 Å². The Bertz CT molecular complexity index is 712. The largest absolute Gasteiger partial charge is 0.426 e. The maximum atomic E-state index is 13.3. The predicted molar refractivity (Wildman–Crippen MR) is 125 cm³/mol. The van der Waals surface area contributed by atoms with Crippen LogP contribution in [-0.2, 0) is 4.79 Å². The van der Waals surface area contributed by atoms with Gasteiger partial charge in [-0.05, 0) is 43.4 Å². The molecule has 0 bridgehead atoms. The van der Waals surface area contributed by atoms with E-state index in [1.807, 2.05) is 0 Å². The quantitative estimate of drug-likeness (QED) is 0.141. The van der Waals surface area contributed by atoms with Crippen LogP contribution in [0.3, 0.4) is 0 Å². The van der Waals surface area contributed by atoms with Crippen LogP contribution in [0.25, 0.3) is 0 Å². The highest BCUT2D eigenvalue weighted by Crippen LogP contribution is 2.38. The van der Waals surface area contributed by atoms with Gasteiger partial charge >= 0.3 is 5.97 Å². The zero-order chi connectivity index (χ0) is 23.6. The van der Waals surface area contributed by atoms with Crippen molar-refractivity contribution >= 4 is 5.97 Å². The van der Waals surface area contributed by atoms with Gasteiger partial charge in [0.15, 0.2) is 17.5 Å². The smallest absolute Gasteiger partial charge is 0.314 e. The Kier molecular flexibility index (Phi) is 10.6. The molecule has 0 spiro atoms. The van der Waals surface area contributed by atoms with E-state index in [2.05, 4.69) is 6.92 Å². The van der Waals surface area contributed by atoms with Crippen LogP contribution < -0.4 is 4.74 Å². The molecular weight excluding hydrogens is 425 g/mol. The molecule has 0 atom stereocenters. The number of hydrogen-bond acceptors (Lipinski definition) is 2. The molecule has 0 unspecified atom stereocenters. The van der Waals surface area contributed by atoms with E-state index in [1.54, 1.807) is 0 Å². The van der Waals surface area contributed by atoms with Crippen molar-refractivity contribution < 1.29 is 22.7 Å². The van der Waals surface area contributed by atoms with Crippen molar-refractivity contribution in [3.63, 3.8) is 0 Å². The number of ether oxygens (including phenoxy) is 1. The van der Waals surface area contributed by atoms with Gasteiger partial charge in [-0.1, -0.05) is 84.0 Å². The third-order valence-corrected chi connectivity index (χ3v) is 8.02. The lowest BCUT2D eigenvalue weighted by atomic mass is 9.75. The van der Waals surface area contributed by atoms with Gasteiger partial charge in [0.05, 0.1) is 5.92 Å². The summed E-state index contributed by atoms with van der Waals surface area (Å²) in [4.78, 5) is 12.4. The molecule has 5 heteroatoms. The number of esters is 1. The van der Waals surface area contributed by atoms with Crippen molar-refractivity contribution in [1.29, 1.82) is 0 Å². The fourth-order valence-corrected chi connectivity index (χ4v) is 5.79. The van der Waals surface area contributed by atoms with Crippen LogP contribution in [0.5, 0.6) is 5.75 Å². The molecule has 0 N–H and O–H groups in total. The van der Waals surface area contributed by atoms with Crippen molar-refractivity contribution in [2.45, 2.75) is 110 Å². The summed E-state index contributed by atoms with van der Waals surface area (Å²) in [6.45, 7) is 2.27. The van der Waals surface area contributed by atoms with E-state index >= 15 is 0 Å². The summed E-state index contributed by atoms with van der Waals surface area (Å²) in [5.74, 6) is -2.74. The molecule has 3 rings (SSSR count). The van der Waals surface area contributed by atoms with Crippen LogP contribution in [0.4, 0.5) is 13.2 Å². The first-order valence-electron chi connectivity index (χ1n) is 13.3. The third-order valence-electron chi connectivity index (χ3n) is 8.02. The first kappa shape index (κ1) is 26.1. The molecule has 2 saturated carbocycles. The summed E-state index contributed by atoms with van der Waals surface area (Å²) >= 11 is 0. The maximum absolute atomic E-state index is 13.3. The molecule has 33 heavy (non-hydrogen) atoms. The zero-order valence-electron chi connectivity index (χ0n) is 20.2. The molecule has 0 heterocycles. The second-order valence-corrected chi connectivity index (χ2v) is 10.5. The Morgan fingerprint density at radius 1 is 0.758 bits per heavy atom. The van der Waals surface area contributed by atoms with Gasteiger partial charge in [-0.25, -0.2) is 13.2 Å². The topological polar surface area (TPSA) is 26.3 Å². The van der Waals surface area contributed by atoms with Crippen LogP contribution in [-0.4, -0.2) is 5.97 Å². The average Bonchev–Trinajstić information content (AvgIpc) is 2.82. The number of carbonyl (C=O) groups excluding carboxylic acids is 1. The molecule has 2 fully saturated rings. The Morgan fingerprint density at radius 3 is 1.79 bits per heavy atom. The average molecular weight is 467 g/mol. The Morgan fingerprint density at radius 2 is 1.24 bits per heavy atom. The molecule has 2 aliphatic carbocycles. The lowest BCUT2D eigenvalue weighted by molar-refractivity contribution is -0.140. The normalized spacial score (nSPS) is 25.7. The van der Waals surface area contributed by atoms with Crippen LogP contribution in [0.1, 0.15) is 110 Å². The van der Waals surface area contributed by atoms with E-state index in [9.17, 15) is 18.0 Å². The van der Waals surface area contributed by atoms with Crippen molar-refractivity contribution in [2.75, 3.05) is 0 Å². The summed E-state index contributed by atoms with van der Waals surface area (Å²) in [7, 11) is 0. The number of halogens is 3. The predicted octanol–water partition coefficient (Wildman–Crippen LogP) is 8.76. The first-order valence-corrected chi connectivity index (χ1v) is 13.3. The van der Waals surface area contributed by atoms with Crippen molar-refractivity contribution in [3.05, 3.63) is 29.6 Å². The molecule has 1 aromatic carbocycles. The van der Waals surface area contributed by atoms with E-state index in [0.717, 1.165) is 49.7 Å². The Labute approximate surface area is 197 Å². The minimum absolute atomic E-state index is 0.245. The second kappa shape index (κ2) is 13.4. The number of carbonyl (C=O) groups is 1. The minimum Gasteiger partial charge on any atom is -0.426 e. The highest BCUT2D eigenvalue weighted by molar-refractivity contribution is 5.75. The van der Waals surface area contributed by atoms with Crippen LogP contribution in [0.2, 0.25) is 0 Å². The summed E-state index contributed by atoms with van der Waals surface area (Å²) in [5.41, 5.74) is 0. The summed E-state index contributed by atoms with van der Waals surface area (Å²) in [6.07, 6.45) is 19.9. The molecule has 0 aromatic heterocycles. The molecule has 0 aliphatic heterocycles. The van der Waals surface area contributed by atoms with Gasteiger partial charge in [0, 0.05) is 12.1 Å². The monoisotopic (exact) mass is 466 g/mol. The van der Waals surface area contributed by atoms with Crippen molar-refractivity contribution in [1.82, 2.24) is 0 Å². The zero-order valence-corrected chi connectivity index (χ0v) is 20.2. The third kappa shape index (κ3) is 8.33. The molecule has 186 valence electrons. The number of unbranched alkanes of at least 4 members (excludes halogenated alkanes) is 4. The lowest BCUT2D eigenvalue weighted by Crippen LogP contribution is -2.26. The maximum Gasteiger partial charge on any atom is 0.314 e. The molecule has 2 aliphatic rings. The van der Waals surface area contributed by atoms with E-state index in [0.29, 0.717) is 5.92 Å². The van der Waals surface area contributed by atoms with Crippen LogP contribution in [0.15, 0.2) is 12.1 Å². The molecule has 1 aromatic rings. The molecular formula is C28H41F3O2. The number of benzene rings is 1. The van der Waals surface area contributed by atoms with Crippen molar-refractivity contribution in [3.8, 4) is 5.75 Å². The highest BCUT2D eigenvalue weighted by Gasteiger charge is 2.29. The fourth-order valence-electron chi connectivity index (χ4n) is 5.79. The lowest BCUT2D eigenvalue weighted by Gasteiger charge is -2.31. The highest BCUT2D eigenvalue weighted by atomic mass is 19.2. The van der Waals surface area contributed by atoms with Gasteiger partial charge < -0.3 is 4.74 Å². The number of hydrogen-bond donors (Lipinski definition) is 0. The molecule has 2 nitrogen and oxygen atoms in total. The van der Waals surface area contributed by atoms with E-state index in [-0.39, 0.29) is 11.7 Å². The first-order chi connectivity index (χ1) is 16.0. The molecule has 0 amide bonds. The van der Waals surface area contributed by atoms with Gasteiger partial charge in [0.1, 0.15) is 5.75 Å².